The minimum atomic E-state index is 0.426. The van der Waals surface area contributed by atoms with Gasteiger partial charge >= 0.3 is 0 Å². The molecule has 2 heteroatoms. The second-order valence-corrected chi connectivity index (χ2v) is 6.96. The van der Waals surface area contributed by atoms with Gasteiger partial charge in [-0.15, -0.1) is 0 Å². The van der Waals surface area contributed by atoms with Crippen molar-refractivity contribution in [3.8, 4) is 0 Å². The number of nitrogens with two attached hydrogens (primary N) is 1. The van der Waals surface area contributed by atoms with Crippen LogP contribution in [-0.2, 0) is 0 Å². The quantitative estimate of drug-likeness (QED) is 0.835. The van der Waals surface area contributed by atoms with Crippen LogP contribution in [0.3, 0.4) is 0 Å². The number of nitrogens with zero attached hydrogens (tertiary/aromatic N) is 1. The van der Waals surface area contributed by atoms with Gasteiger partial charge in [-0.3, -0.25) is 4.90 Å². The van der Waals surface area contributed by atoms with Crippen LogP contribution in [0.15, 0.2) is 0 Å². The molecule has 0 aromatic rings. The maximum absolute atomic E-state index is 6.42. The summed E-state index contributed by atoms with van der Waals surface area (Å²) in [6.07, 6.45) is 8.08. The molecule has 2 aliphatic rings. The second kappa shape index (κ2) is 6.38. The zero-order valence-electron chi connectivity index (χ0n) is 12.6. The van der Waals surface area contributed by atoms with Gasteiger partial charge in [0.15, 0.2) is 0 Å². The maximum atomic E-state index is 6.42. The molecule has 2 fully saturated rings. The third kappa shape index (κ3) is 3.27. The van der Waals surface area contributed by atoms with Gasteiger partial charge in [0.2, 0.25) is 0 Å². The van der Waals surface area contributed by atoms with E-state index in [4.69, 9.17) is 5.73 Å². The predicted octanol–water partition coefficient (Wildman–Crippen LogP) is 3.26. The van der Waals surface area contributed by atoms with Crippen LogP contribution in [0, 0.1) is 17.8 Å². The van der Waals surface area contributed by atoms with Gasteiger partial charge in [0, 0.05) is 18.6 Å². The van der Waals surface area contributed by atoms with E-state index in [1.807, 2.05) is 0 Å². The highest BCUT2D eigenvalue weighted by Gasteiger charge is 2.35. The minimum Gasteiger partial charge on any atom is -0.326 e. The number of hydrogen-bond acceptors (Lipinski definition) is 2. The number of piperidine rings is 1. The third-order valence-electron chi connectivity index (χ3n) is 5.45. The van der Waals surface area contributed by atoms with Gasteiger partial charge in [-0.1, -0.05) is 27.2 Å². The van der Waals surface area contributed by atoms with Crippen molar-refractivity contribution in [3.05, 3.63) is 0 Å². The fraction of sp³-hybridized carbons (Fsp3) is 1.00. The topological polar surface area (TPSA) is 29.3 Å². The molecule has 1 aliphatic heterocycles. The minimum absolute atomic E-state index is 0.426. The highest BCUT2D eigenvalue weighted by Crippen LogP contribution is 2.34. The molecular formula is C16H32N2. The summed E-state index contributed by atoms with van der Waals surface area (Å²) in [6, 6.07) is 1.09. The third-order valence-corrected chi connectivity index (χ3v) is 5.45. The van der Waals surface area contributed by atoms with Crippen LogP contribution in [-0.4, -0.2) is 30.1 Å². The largest absolute Gasteiger partial charge is 0.326 e. The van der Waals surface area contributed by atoms with Crippen molar-refractivity contribution >= 4 is 0 Å². The molecule has 1 heterocycles. The molecule has 106 valence electrons. The van der Waals surface area contributed by atoms with Gasteiger partial charge in [-0.05, 0) is 56.4 Å². The summed E-state index contributed by atoms with van der Waals surface area (Å²) in [6.45, 7) is 9.69. The molecule has 2 rings (SSSR count). The van der Waals surface area contributed by atoms with Gasteiger partial charge in [0.25, 0.3) is 0 Å². The van der Waals surface area contributed by atoms with E-state index in [0.717, 1.165) is 17.8 Å². The van der Waals surface area contributed by atoms with Crippen molar-refractivity contribution < 1.29 is 0 Å². The van der Waals surface area contributed by atoms with Crippen molar-refractivity contribution in [2.45, 2.75) is 71.4 Å². The first-order chi connectivity index (χ1) is 8.61. The molecule has 1 saturated carbocycles. The van der Waals surface area contributed by atoms with Crippen LogP contribution in [0.2, 0.25) is 0 Å². The normalized spacial score (nSPS) is 39.2. The Balaban J connectivity index is 1.96. The summed E-state index contributed by atoms with van der Waals surface area (Å²) in [5.41, 5.74) is 6.42. The molecule has 0 aromatic carbocycles. The first-order valence-corrected chi connectivity index (χ1v) is 8.11. The zero-order chi connectivity index (χ0) is 13.1. The standard InChI is InChI=1S/C16H32N2/c1-4-13-6-5-9-18(11-13)16-10-14(12(2)3)7-8-15(16)17/h12-16H,4-11,17H2,1-3H3. The number of rotatable bonds is 3. The highest BCUT2D eigenvalue weighted by atomic mass is 15.2. The lowest BCUT2D eigenvalue weighted by atomic mass is 9.76. The number of likely N-dealkylation sites (tertiary alicyclic amines) is 1. The van der Waals surface area contributed by atoms with Crippen LogP contribution >= 0.6 is 0 Å². The molecular weight excluding hydrogens is 220 g/mol. The Bertz CT molecular complexity index is 251. The van der Waals surface area contributed by atoms with E-state index in [2.05, 4.69) is 25.7 Å². The van der Waals surface area contributed by atoms with Crippen LogP contribution < -0.4 is 5.73 Å². The molecule has 4 atom stereocenters. The average Bonchev–Trinajstić information content (AvgIpc) is 2.39. The molecule has 0 spiro atoms. The van der Waals surface area contributed by atoms with Crippen molar-refractivity contribution in [1.82, 2.24) is 4.90 Å². The molecule has 4 unspecified atom stereocenters. The molecule has 0 radical (unpaired) electrons. The van der Waals surface area contributed by atoms with Gasteiger partial charge in [-0.25, -0.2) is 0 Å². The van der Waals surface area contributed by atoms with Crippen LogP contribution in [0.5, 0.6) is 0 Å². The molecule has 2 nitrogen and oxygen atoms in total. The zero-order valence-corrected chi connectivity index (χ0v) is 12.6. The highest BCUT2D eigenvalue weighted by molar-refractivity contribution is 4.91. The Labute approximate surface area is 113 Å². The van der Waals surface area contributed by atoms with Gasteiger partial charge in [0.05, 0.1) is 0 Å². The summed E-state index contributed by atoms with van der Waals surface area (Å²) in [7, 11) is 0. The van der Waals surface area contributed by atoms with Crippen molar-refractivity contribution in [1.29, 1.82) is 0 Å². The van der Waals surface area contributed by atoms with E-state index in [9.17, 15) is 0 Å². The van der Waals surface area contributed by atoms with E-state index in [0.29, 0.717) is 12.1 Å². The summed E-state index contributed by atoms with van der Waals surface area (Å²) in [5.74, 6) is 2.65. The summed E-state index contributed by atoms with van der Waals surface area (Å²) in [5, 5.41) is 0. The Kier molecular flexibility index (Phi) is 5.08. The molecule has 0 bridgehead atoms. The average molecular weight is 252 g/mol. The molecule has 0 aromatic heterocycles. The first-order valence-electron chi connectivity index (χ1n) is 8.11. The Hall–Kier alpha value is -0.0800. The van der Waals surface area contributed by atoms with Crippen molar-refractivity contribution in [2.24, 2.45) is 23.5 Å². The lowest BCUT2D eigenvalue weighted by molar-refractivity contribution is 0.0592. The molecule has 1 aliphatic carbocycles. The first kappa shape index (κ1) is 14.3. The molecule has 0 amide bonds. The molecule has 18 heavy (non-hydrogen) atoms. The van der Waals surface area contributed by atoms with Crippen LogP contribution in [0.1, 0.15) is 59.3 Å². The fourth-order valence-electron chi connectivity index (χ4n) is 3.96. The van der Waals surface area contributed by atoms with E-state index < -0.39 is 0 Å². The SMILES string of the molecule is CCC1CCCN(C2CC(C(C)C)CCC2N)C1. The van der Waals surface area contributed by atoms with Crippen LogP contribution in [0.4, 0.5) is 0 Å². The predicted molar refractivity (Wildman–Crippen MR) is 78.5 cm³/mol. The van der Waals surface area contributed by atoms with Gasteiger partial charge in [0.1, 0.15) is 0 Å². The Morgan fingerprint density at radius 3 is 2.67 bits per heavy atom. The van der Waals surface area contributed by atoms with E-state index in [1.54, 1.807) is 0 Å². The smallest absolute Gasteiger partial charge is 0.0250 e. The van der Waals surface area contributed by atoms with Gasteiger partial charge < -0.3 is 5.73 Å². The summed E-state index contributed by atoms with van der Waals surface area (Å²) < 4.78 is 0. The van der Waals surface area contributed by atoms with E-state index in [-0.39, 0.29) is 0 Å². The number of hydrogen-bond donors (Lipinski definition) is 1. The fourth-order valence-corrected chi connectivity index (χ4v) is 3.96. The lowest BCUT2D eigenvalue weighted by Crippen LogP contribution is -2.54. The van der Waals surface area contributed by atoms with Crippen molar-refractivity contribution in [2.75, 3.05) is 13.1 Å². The maximum Gasteiger partial charge on any atom is 0.0250 e. The van der Waals surface area contributed by atoms with Gasteiger partial charge in [-0.2, -0.15) is 0 Å². The lowest BCUT2D eigenvalue weighted by Gasteiger charge is -2.45. The Morgan fingerprint density at radius 1 is 1.22 bits per heavy atom. The van der Waals surface area contributed by atoms with E-state index in [1.165, 1.54) is 51.6 Å². The summed E-state index contributed by atoms with van der Waals surface area (Å²) in [4.78, 5) is 2.73. The molecule has 1 saturated heterocycles. The second-order valence-electron chi connectivity index (χ2n) is 6.96. The monoisotopic (exact) mass is 252 g/mol. The molecule has 2 N–H and O–H groups in total. The van der Waals surface area contributed by atoms with E-state index >= 15 is 0 Å². The summed E-state index contributed by atoms with van der Waals surface area (Å²) >= 11 is 0. The Morgan fingerprint density at radius 2 is 2.00 bits per heavy atom. The van der Waals surface area contributed by atoms with Crippen LogP contribution in [0.25, 0.3) is 0 Å². The van der Waals surface area contributed by atoms with Crippen molar-refractivity contribution in [3.63, 3.8) is 0 Å².